The summed E-state index contributed by atoms with van der Waals surface area (Å²) >= 11 is 0. The Morgan fingerprint density at radius 1 is 1.40 bits per heavy atom. The highest BCUT2D eigenvalue weighted by Crippen LogP contribution is 2.30. The van der Waals surface area contributed by atoms with Crippen molar-refractivity contribution in [1.29, 1.82) is 0 Å². The fraction of sp³-hybridized carbons (Fsp3) is 0.818. The first kappa shape index (κ1) is 16.7. The maximum atomic E-state index is 13.2. The maximum Gasteiger partial charge on any atom is 0.436 e. The number of halogens is 3. The molecule has 0 radical (unpaired) electrons. The van der Waals surface area contributed by atoms with E-state index in [-0.39, 0.29) is 6.54 Å². The monoisotopic (exact) mass is 298 g/mol. The lowest BCUT2D eigenvalue weighted by atomic mass is 10.1. The maximum absolute atomic E-state index is 13.2. The average molecular weight is 298 g/mol. The zero-order chi connectivity index (χ0) is 15.4. The second kappa shape index (κ2) is 6.40. The van der Waals surface area contributed by atoms with Crippen LogP contribution in [-0.2, 0) is 19.1 Å². The van der Waals surface area contributed by atoms with Gasteiger partial charge in [0, 0.05) is 20.1 Å². The molecule has 116 valence electrons. The standard InChI is InChI=1S/C11H17F3N2O4/c1-7(17)16-10(9(18)19-2,11(12,13)14)15-6-8-4-3-5-20-8/h8,15H,3-6H2,1-2H3,(H,16,17)/t8-,10+/m1/s1. The summed E-state index contributed by atoms with van der Waals surface area (Å²) in [5.74, 6) is -2.63. The number of carbonyl (C=O) groups is 2. The van der Waals surface area contributed by atoms with Gasteiger partial charge in [0.05, 0.1) is 13.2 Å². The number of ether oxygens (including phenoxy) is 2. The SMILES string of the molecule is COC(=O)[C@](NC[C@H]1CCCO1)(NC(C)=O)C(F)(F)F. The Labute approximate surface area is 114 Å². The molecule has 0 aromatic heterocycles. The van der Waals surface area contributed by atoms with Gasteiger partial charge >= 0.3 is 12.1 Å². The van der Waals surface area contributed by atoms with E-state index >= 15 is 0 Å². The van der Waals surface area contributed by atoms with Crippen molar-refractivity contribution in [1.82, 2.24) is 10.6 Å². The Morgan fingerprint density at radius 2 is 2.05 bits per heavy atom. The summed E-state index contributed by atoms with van der Waals surface area (Å²) in [5, 5.41) is 3.64. The molecule has 0 aromatic carbocycles. The normalized spacial score (nSPS) is 22.1. The molecule has 1 aliphatic heterocycles. The van der Waals surface area contributed by atoms with Crippen LogP contribution in [0.15, 0.2) is 0 Å². The molecule has 2 atom stereocenters. The van der Waals surface area contributed by atoms with Crippen LogP contribution in [0.4, 0.5) is 13.2 Å². The fourth-order valence-electron chi connectivity index (χ4n) is 1.94. The molecule has 1 rings (SSSR count). The highest BCUT2D eigenvalue weighted by atomic mass is 19.4. The first-order valence-corrected chi connectivity index (χ1v) is 6.03. The van der Waals surface area contributed by atoms with Gasteiger partial charge < -0.3 is 14.8 Å². The zero-order valence-electron chi connectivity index (χ0n) is 11.2. The third kappa shape index (κ3) is 3.60. The van der Waals surface area contributed by atoms with Crippen molar-refractivity contribution >= 4 is 11.9 Å². The van der Waals surface area contributed by atoms with E-state index in [1.165, 1.54) is 0 Å². The first-order valence-electron chi connectivity index (χ1n) is 6.03. The molecule has 6 nitrogen and oxygen atoms in total. The quantitative estimate of drug-likeness (QED) is 0.565. The average Bonchev–Trinajstić information content (AvgIpc) is 2.84. The molecule has 0 aliphatic carbocycles. The van der Waals surface area contributed by atoms with Crippen LogP contribution in [0, 0.1) is 0 Å². The van der Waals surface area contributed by atoms with Gasteiger partial charge in [0.1, 0.15) is 0 Å². The second-order valence-electron chi connectivity index (χ2n) is 4.44. The summed E-state index contributed by atoms with van der Waals surface area (Å²) in [6.45, 7) is 1.12. The van der Waals surface area contributed by atoms with Crippen molar-refractivity contribution in [3.8, 4) is 0 Å². The van der Waals surface area contributed by atoms with Crippen LogP contribution in [0.3, 0.4) is 0 Å². The van der Waals surface area contributed by atoms with E-state index in [0.717, 1.165) is 20.5 Å². The van der Waals surface area contributed by atoms with Gasteiger partial charge in [0.25, 0.3) is 5.66 Å². The molecule has 1 aliphatic rings. The number of nitrogens with one attached hydrogen (secondary N) is 2. The van der Waals surface area contributed by atoms with Crippen molar-refractivity contribution in [2.45, 2.75) is 37.7 Å². The Morgan fingerprint density at radius 3 is 2.45 bits per heavy atom. The highest BCUT2D eigenvalue weighted by Gasteiger charge is 2.62. The van der Waals surface area contributed by atoms with Crippen LogP contribution >= 0.6 is 0 Å². The van der Waals surface area contributed by atoms with Crippen LogP contribution < -0.4 is 10.6 Å². The molecule has 0 aromatic rings. The number of rotatable bonds is 5. The predicted octanol–water partition coefficient (Wildman–Crippen LogP) is 0.323. The Balaban J connectivity index is 2.94. The molecule has 20 heavy (non-hydrogen) atoms. The third-order valence-electron chi connectivity index (χ3n) is 2.90. The van der Waals surface area contributed by atoms with Gasteiger partial charge in [0.15, 0.2) is 0 Å². The molecule has 0 saturated carbocycles. The van der Waals surface area contributed by atoms with Crippen molar-refractivity contribution in [2.75, 3.05) is 20.3 Å². The van der Waals surface area contributed by atoms with E-state index < -0.39 is 29.8 Å². The molecule has 1 fully saturated rings. The minimum atomic E-state index is -5.05. The number of hydrogen-bond donors (Lipinski definition) is 2. The molecule has 0 spiro atoms. The van der Waals surface area contributed by atoms with Gasteiger partial charge in [-0.05, 0) is 12.8 Å². The Hall–Kier alpha value is -1.35. The van der Waals surface area contributed by atoms with E-state index in [9.17, 15) is 22.8 Å². The lowest BCUT2D eigenvalue weighted by molar-refractivity contribution is -0.221. The summed E-state index contributed by atoms with van der Waals surface area (Å²) in [5.41, 5.74) is -3.26. The molecule has 2 N–H and O–H groups in total. The van der Waals surface area contributed by atoms with Gasteiger partial charge in [-0.25, -0.2) is 4.79 Å². The number of amides is 1. The van der Waals surface area contributed by atoms with Gasteiger partial charge in [0.2, 0.25) is 5.91 Å². The van der Waals surface area contributed by atoms with Gasteiger partial charge in [-0.1, -0.05) is 0 Å². The van der Waals surface area contributed by atoms with E-state index in [0.29, 0.717) is 13.0 Å². The highest BCUT2D eigenvalue weighted by molar-refractivity contribution is 5.87. The van der Waals surface area contributed by atoms with Crippen LogP contribution in [0.5, 0.6) is 0 Å². The summed E-state index contributed by atoms with van der Waals surface area (Å²) in [6, 6.07) is 0. The Bertz CT molecular complexity index is 369. The molecule has 1 heterocycles. The zero-order valence-corrected chi connectivity index (χ0v) is 11.2. The van der Waals surface area contributed by atoms with Crippen LogP contribution in [0.25, 0.3) is 0 Å². The minimum Gasteiger partial charge on any atom is -0.466 e. The van der Waals surface area contributed by atoms with Crippen molar-refractivity contribution in [3.63, 3.8) is 0 Å². The smallest absolute Gasteiger partial charge is 0.436 e. The van der Waals surface area contributed by atoms with E-state index in [1.54, 1.807) is 5.32 Å². The molecule has 0 bridgehead atoms. The Kier molecular flexibility index (Phi) is 5.35. The number of hydrogen-bond acceptors (Lipinski definition) is 5. The molecule has 0 unspecified atom stereocenters. The third-order valence-corrected chi connectivity index (χ3v) is 2.90. The van der Waals surface area contributed by atoms with Crippen molar-refractivity contribution in [3.05, 3.63) is 0 Å². The molecular weight excluding hydrogens is 281 g/mol. The number of esters is 1. The molecule has 1 amide bonds. The van der Waals surface area contributed by atoms with Gasteiger partial charge in [-0.15, -0.1) is 0 Å². The predicted molar refractivity (Wildman–Crippen MR) is 61.6 cm³/mol. The van der Waals surface area contributed by atoms with E-state index in [1.807, 2.05) is 5.32 Å². The van der Waals surface area contributed by atoms with Crippen LogP contribution in [-0.4, -0.2) is 50.1 Å². The molecule has 9 heteroatoms. The van der Waals surface area contributed by atoms with Gasteiger partial charge in [-0.3, -0.25) is 10.1 Å². The summed E-state index contributed by atoms with van der Waals surface area (Å²) < 4.78 is 49.1. The summed E-state index contributed by atoms with van der Waals surface area (Å²) in [4.78, 5) is 22.6. The number of carbonyl (C=O) groups excluding carboxylic acids is 2. The fourth-order valence-corrected chi connectivity index (χ4v) is 1.94. The first-order chi connectivity index (χ1) is 9.23. The van der Waals surface area contributed by atoms with Crippen molar-refractivity contribution in [2.24, 2.45) is 0 Å². The van der Waals surface area contributed by atoms with Crippen molar-refractivity contribution < 1.29 is 32.2 Å². The van der Waals surface area contributed by atoms with E-state index in [4.69, 9.17) is 4.74 Å². The number of alkyl halides is 3. The lowest BCUT2D eigenvalue weighted by Crippen LogP contribution is -2.73. The summed E-state index contributed by atoms with van der Waals surface area (Å²) in [7, 11) is 0.818. The second-order valence-corrected chi connectivity index (χ2v) is 4.44. The summed E-state index contributed by atoms with van der Waals surface area (Å²) in [6.07, 6.45) is -4.16. The topological polar surface area (TPSA) is 76.7 Å². The van der Waals surface area contributed by atoms with Gasteiger partial charge in [-0.2, -0.15) is 13.2 Å². The molecular formula is C11H17F3N2O4. The number of methoxy groups -OCH3 is 1. The largest absolute Gasteiger partial charge is 0.466 e. The molecule has 1 saturated heterocycles. The minimum absolute atomic E-state index is 0.227. The van der Waals surface area contributed by atoms with E-state index in [2.05, 4.69) is 4.74 Å². The van der Waals surface area contributed by atoms with Crippen LogP contribution in [0.1, 0.15) is 19.8 Å². The van der Waals surface area contributed by atoms with Crippen LogP contribution in [0.2, 0.25) is 0 Å². The lowest BCUT2D eigenvalue weighted by Gasteiger charge is -2.34.